The van der Waals surface area contributed by atoms with Crippen LogP contribution in [0.1, 0.15) is 36.6 Å². The molecule has 0 bridgehead atoms. The van der Waals surface area contributed by atoms with Crippen molar-refractivity contribution in [2.45, 2.75) is 67.8 Å². The lowest BCUT2D eigenvalue weighted by Crippen LogP contribution is -2.60. The highest BCUT2D eigenvalue weighted by Gasteiger charge is 2.84. The molecule has 0 aromatic heterocycles. The van der Waals surface area contributed by atoms with Crippen LogP contribution in [-0.2, 0) is 17.0 Å². The zero-order valence-electron chi connectivity index (χ0n) is 17.6. The van der Waals surface area contributed by atoms with Crippen LogP contribution in [0.5, 0.6) is 0 Å². The summed E-state index contributed by atoms with van der Waals surface area (Å²) < 4.78 is 241. The zero-order valence-corrected chi connectivity index (χ0v) is 17.6. The van der Waals surface area contributed by atoms with Crippen molar-refractivity contribution < 1.29 is 84.1 Å². The van der Waals surface area contributed by atoms with Gasteiger partial charge in [0.15, 0.2) is 0 Å². The minimum atomic E-state index is -7.66. The van der Waals surface area contributed by atoms with Gasteiger partial charge in [-0.1, -0.05) is 32.0 Å². The van der Waals surface area contributed by atoms with Gasteiger partial charge in [0.2, 0.25) is 0 Å². The van der Waals surface area contributed by atoms with Gasteiger partial charge < -0.3 is 0 Å². The van der Waals surface area contributed by atoms with Crippen LogP contribution >= 0.6 is 0 Å². The summed E-state index contributed by atoms with van der Waals surface area (Å²) in [6.07, 6.45) is -18.3. The van der Waals surface area contributed by atoms with E-state index in [1.54, 1.807) is 0 Å². The molecule has 0 spiro atoms. The van der Waals surface area contributed by atoms with E-state index in [4.69, 9.17) is 0 Å². The molecule has 1 atom stereocenters. The van der Waals surface area contributed by atoms with Crippen LogP contribution < -0.4 is 0 Å². The van der Waals surface area contributed by atoms with Gasteiger partial charge in [-0.3, -0.25) is 0 Å². The second-order valence-corrected chi connectivity index (χ2v) is 7.87. The molecule has 0 aliphatic carbocycles. The highest BCUT2D eigenvalue weighted by Crippen LogP contribution is 2.61. The van der Waals surface area contributed by atoms with E-state index in [1.807, 2.05) is 0 Å². The number of halogens is 18. The van der Waals surface area contributed by atoms with Crippen LogP contribution in [0.25, 0.3) is 0 Å². The summed E-state index contributed by atoms with van der Waals surface area (Å²) in [7, 11) is 0. The third-order valence-corrected chi connectivity index (χ3v) is 4.96. The number of alkyl halides is 18. The maximum atomic E-state index is 14.5. The third kappa shape index (κ3) is 4.68. The topological polar surface area (TPSA) is 19.9 Å². The van der Waals surface area contributed by atoms with Gasteiger partial charge in [0.1, 0.15) is 6.10 Å². The molecule has 0 N–H and O–H groups in total. The van der Waals surface area contributed by atoms with E-state index in [2.05, 4.69) is 0 Å². The van der Waals surface area contributed by atoms with Crippen LogP contribution in [-0.4, -0.2) is 36.0 Å². The lowest BCUT2D eigenvalue weighted by atomic mass is 9.81. The molecule has 37 heavy (non-hydrogen) atoms. The molecule has 19 heteroatoms. The molecule has 0 saturated carbocycles. The van der Waals surface area contributed by atoms with E-state index in [9.17, 15) is 84.1 Å². The third-order valence-electron chi connectivity index (χ3n) is 4.96. The van der Waals surface area contributed by atoms with E-state index in [-0.39, 0.29) is 0 Å². The molecule has 0 amide bonds. The summed E-state index contributed by atoms with van der Waals surface area (Å²) in [6.45, 7) is 1.14. The van der Waals surface area contributed by atoms with Gasteiger partial charge >= 0.3 is 47.9 Å². The molecular formula is C18H11F18O. The fraction of sp³-hybridized carbons (Fsp3) is 0.667. The van der Waals surface area contributed by atoms with Gasteiger partial charge in [-0.2, -0.15) is 79.0 Å². The quantitative estimate of drug-likeness (QED) is 0.272. The van der Waals surface area contributed by atoms with Crippen molar-refractivity contribution in [1.82, 2.24) is 0 Å². The molecule has 1 aromatic rings. The highest BCUT2D eigenvalue weighted by atomic mass is 19.4. The van der Waals surface area contributed by atoms with Crippen LogP contribution in [0, 0.1) is 5.92 Å². The fourth-order valence-electron chi connectivity index (χ4n) is 2.84. The van der Waals surface area contributed by atoms with Crippen LogP contribution in [0.4, 0.5) is 79.0 Å². The van der Waals surface area contributed by atoms with Crippen molar-refractivity contribution in [2.24, 2.45) is 5.92 Å². The Morgan fingerprint density at radius 3 is 1.00 bits per heavy atom. The summed E-state index contributed by atoms with van der Waals surface area (Å²) in [5.41, 5.74) is -9.15. The second-order valence-electron chi connectivity index (χ2n) is 7.87. The first-order chi connectivity index (χ1) is 16.0. The molecule has 1 unspecified atom stereocenters. The molecule has 1 aromatic carbocycles. The predicted molar refractivity (Wildman–Crippen MR) is 84.4 cm³/mol. The Labute approximate surface area is 194 Å². The summed E-state index contributed by atoms with van der Waals surface area (Å²) in [6, 6.07) is -1.75. The first-order valence-corrected chi connectivity index (χ1v) is 9.16. The van der Waals surface area contributed by atoms with Crippen LogP contribution in [0.15, 0.2) is 18.2 Å². The van der Waals surface area contributed by atoms with Crippen molar-refractivity contribution in [2.75, 3.05) is 0 Å². The minimum Gasteiger partial charge on any atom is -0.228 e. The Morgan fingerprint density at radius 2 is 0.784 bits per heavy atom. The number of hydrogen-bond donors (Lipinski definition) is 0. The summed E-state index contributed by atoms with van der Waals surface area (Å²) >= 11 is 0. The highest BCUT2D eigenvalue weighted by molar-refractivity contribution is 5.45. The van der Waals surface area contributed by atoms with E-state index >= 15 is 0 Å². The Hall–Kier alpha value is -2.08. The standard InChI is InChI=1S/C18H11F18O/c1-6(2)10(37)9-7(11(19,20)13(23,24)15(27,28)17(31,32)33)4-3-5-8(9)12(21,22)14(25,26)16(29,30)18(34,35)36/h3-6,10H,1-2H3. The number of rotatable bonds is 8. The lowest BCUT2D eigenvalue weighted by molar-refractivity contribution is -0.401. The van der Waals surface area contributed by atoms with Crippen LogP contribution in [0.2, 0.25) is 0 Å². The number of hydrogen-bond acceptors (Lipinski definition) is 0. The molecule has 0 aliphatic rings. The van der Waals surface area contributed by atoms with Gasteiger partial charge in [0.05, 0.1) is 0 Å². The largest absolute Gasteiger partial charge is 0.460 e. The molecule has 1 nitrogen and oxygen atoms in total. The van der Waals surface area contributed by atoms with Crippen LogP contribution in [0.3, 0.4) is 0 Å². The molecule has 215 valence electrons. The van der Waals surface area contributed by atoms with E-state index in [0.29, 0.717) is 13.8 Å². The Balaban J connectivity index is 4.18. The Morgan fingerprint density at radius 1 is 0.514 bits per heavy atom. The Kier molecular flexibility index (Phi) is 8.01. The lowest BCUT2D eigenvalue weighted by Gasteiger charge is -2.38. The van der Waals surface area contributed by atoms with Crippen molar-refractivity contribution >= 4 is 0 Å². The smallest absolute Gasteiger partial charge is 0.228 e. The maximum Gasteiger partial charge on any atom is 0.460 e. The first-order valence-electron chi connectivity index (χ1n) is 9.16. The average molecular weight is 585 g/mol. The van der Waals surface area contributed by atoms with E-state index in [0.717, 1.165) is 0 Å². The molecule has 0 aliphatic heterocycles. The van der Waals surface area contributed by atoms with E-state index in [1.165, 1.54) is 0 Å². The molecular weight excluding hydrogens is 574 g/mol. The molecule has 0 heterocycles. The van der Waals surface area contributed by atoms with Gasteiger partial charge in [-0.15, -0.1) is 0 Å². The van der Waals surface area contributed by atoms with Gasteiger partial charge in [-0.05, 0) is 5.92 Å². The molecule has 0 fully saturated rings. The summed E-state index contributed by atoms with van der Waals surface area (Å²) in [4.78, 5) is 0. The molecule has 1 radical (unpaired) electrons. The summed E-state index contributed by atoms with van der Waals surface area (Å²) in [5, 5.41) is 12.3. The monoisotopic (exact) mass is 585 g/mol. The van der Waals surface area contributed by atoms with Gasteiger partial charge in [0, 0.05) is 16.7 Å². The maximum absolute atomic E-state index is 14.5. The Bertz CT molecular complexity index is 904. The average Bonchev–Trinajstić information content (AvgIpc) is 2.70. The van der Waals surface area contributed by atoms with Crippen molar-refractivity contribution in [1.29, 1.82) is 0 Å². The van der Waals surface area contributed by atoms with E-state index < -0.39 is 94.8 Å². The van der Waals surface area contributed by atoms with Gasteiger partial charge in [-0.25, -0.2) is 5.11 Å². The normalized spacial score (nSPS) is 16.4. The predicted octanol–water partition coefficient (Wildman–Crippen LogP) is 8.66. The fourth-order valence-corrected chi connectivity index (χ4v) is 2.84. The van der Waals surface area contributed by atoms with Crippen molar-refractivity contribution in [3.8, 4) is 0 Å². The van der Waals surface area contributed by atoms with Gasteiger partial charge in [0.25, 0.3) is 0 Å². The zero-order chi connectivity index (χ0) is 30.0. The molecule has 0 saturated heterocycles. The summed E-state index contributed by atoms with van der Waals surface area (Å²) in [5.74, 6) is -46.6. The van der Waals surface area contributed by atoms with Crippen molar-refractivity contribution in [3.63, 3.8) is 0 Å². The van der Waals surface area contributed by atoms with Crippen molar-refractivity contribution in [3.05, 3.63) is 34.9 Å². The second kappa shape index (κ2) is 9.00. The SMILES string of the molecule is CC(C)C([O])c1c(C(F)(F)C(F)(F)C(F)(F)C(F)(F)F)cccc1C(F)(F)C(F)(F)C(F)(F)C(F)(F)F. The first kappa shape index (κ1) is 32.9. The number of benzene rings is 1. The molecule has 1 rings (SSSR count). The minimum absolute atomic E-state index is 0.452.